The lowest BCUT2D eigenvalue weighted by molar-refractivity contribution is 0.0745. The standard InChI is InChI=1S/C25H26N4O/c1-15(2)17-8-10-18(11-9-17)24-22-16(3)27-28-23(22)25(30)29(24)13-12-19-14-26-21-7-5-4-6-20(19)21/h4-11,14-15,24,26H,12-13H2,1-3H3,(H,27,28)/t24-/m0/s1. The van der Waals surface area contributed by atoms with Crippen molar-refractivity contribution in [3.05, 3.63) is 88.4 Å². The smallest absolute Gasteiger partial charge is 0.275 e. The number of nitrogens with one attached hydrogen (secondary N) is 2. The first-order valence-electron chi connectivity index (χ1n) is 10.5. The highest BCUT2D eigenvalue weighted by molar-refractivity contribution is 5.98. The Morgan fingerprint density at radius 3 is 2.63 bits per heavy atom. The van der Waals surface area contributed by atoms with Crippen molar-refractivity contribution in [2.24, 2.45) is 0 Å². The number of benzene rings is 2. The molecule has 3 heterocycles. The summed E-state index contributed by atoms with van der Waals surface area (Å²) in [4.78, 5) is 18.5. The van der Waals surface area contributed by atoms with E-state index < -0.39 is 0 Å². The molecule has 0 aliphatic carbocycles. The Labute approximate surface area is 176 Å². The third kappa shape index (κ3) is 2.93. The van der Waals surface area contributed by atoms with Crippen LogP contribution in [0.25, 0.3) is 10.9 Å². The van der Waals surface area contributed by atoms with Crippen molar-refractivity contribution in [2.45, 2.75) is 39.2 Å². The van der Waals surface area contributed by atoms with Crippen molar-refractivity contribution in [2.75, 3.05) is 6.54 Å². The van der Waals surface area contributed by atoms with Gasteiger partial charge in [-0.1, -0.05) is 56.3 Å². The molecule has 0 spiro atoms. The second kappa shape index (κ2) is 7.17. The largest absolute Gasteiger partial charge is 0.361 e. The summed E-state index contributed by atoms with van der Waals surface area (Å²) in [6, 6.07) is 16.9. The molecule has 2 N–H and O–H groups in total. The van der Waals surface area contributed by atoms with E-state index in [4.69, 9.17) is 0 Å². The number of carbonyl (C=O) groups is 1. The van der Waals surface area contributed by atoms with Crippen LogP contribution in [0.4, 0.5) is 0 Å². The minimum Gasteiger partial charge on any atom is -0.361 e. The highest BCUT2D eigenvalue weighted by atomic mass is 16.2. The molecule has 0 radical (unpaired) electrons. The van der Waals surface area contributed by atoms with Crippen molar-refractivity contribution < 1.29 is 4.79 Å². The van der Waals surface area contributed by atoms with Gasteiger partial charge in [-0.15, -0.1) is 0 Å². The van der Waals surface area contributed by atoms with Crippen LogP contribution in [0, 0.1) is 6.92 Å². The van der Waals surface area contributed by atoms with Gasteiger partial charge in [-0.2, -0.15) is 5.10 Å². The monoisotopic (exact) mass is 398 g/mol. The number of fused-ring (bicyclic) bond motifs is 2. The van der Waals surface area contributed by atoms with Crippen LogP contribution in [0.1, 0.15) is 64.2 Å². The fraction of sp³-hybridized carbons (Fsp3) is 0.280. The zero-order chi connectivity index (χ0) is 20.8. The maximum atomic E-state index is 13.2. The molecule has 30 heavy (non-hydrogen) atoms. The number of nitrogens with zero attached hydrogens (tertiary/aromatic N) is 2. The van der Waals surface area contributed by atoms with Crippen LogP contribution < -0.4 is 0 Å². The second-order valence-electron chi connectivity index (χ2n) is 8.44. The Morgan fingerprint density at radius 2 is 1.87 bits per heavy atom. The fourth-order valence-corrected chi connectivity index (χ4v) is 4.56. The minimum atomic E-state index is -0.0994. The van der Waals surface area contributed by atoms with Crippen LogP contribution in [0.2, 0.25) is 0 Å². The molecule has 1 aliphatic heterocycles. The minimum absolute atomic E-state index is 0.00660. The molecule has 0 bridgehead atoms. The van der Waals surface area contributed by atoms with Gasteiger partial charge in [0.15, 0.2) is 5.69 Å². The maximum absolute atomic E-state index is 13.2. The highest BCUT2D eigenvalue weighted by Crippen LogP contribution is 2.39. The van der Waals surface area contributed by atoms with Crippen LogP contribution >= 0.6 is 0 Å². The topological polar surface area (TPSA) is 64.8 Å². The predicted octanol–water partition coefficient (Wildman–Crippen LogP) is 5.11. The molecule has 5 rings (SSSR count). The first-order chi connectivity index (χ1) is 14.5. The van der Waals surface area contributed by atoms with Crippen LogP contribution in [0.3, 0.4) is 0 Å². The Morgan fingerprint density at radius 1 is 1.10 bits per heavy atom. The molecule has 0 saturated heterocycles. The maximum Gasteiger partial charge on any atom is 0.275 e. The number of H-pyrrole nitrogens is 2. The van der Waals surface area contributed by atoms with E-state index in [-0.39, 0.29) is 11.9 Å². The predicted molar refractivity (Wildman–Crippen MR) is 119 cm³/mol. The number of aryl methyl sites for hydroxylation is 1. The molecular weight excluding hydrogens is 372 g/mol. The average molecular weight is 399 g/mol. The molecule has 152 valence electrons. The summed E-state index contributed by atoms with van der Waals surface area (Å²) in [5.41, 5.74) is 7.33. The number of amides is 1. The lowest BCUT2D eigenvalue weighted by Gasteiger charge is -2.26. The first kappa shape index (κ1) is 18.7. The number of aromatic amines is 2. The lowest BCUT2D eigenvalue weighted by atomic mass is 9.95. The van der Waals surface area contributed by atoms with Crippen LogP contribution in [0.5, 0.6) is 0 Å². The molecule has 1 amide bonds. The zero-order valence-corrected chi connectivity index (χ0v) is 17.6. The van der Waals surface area contributed by atoms with Gasteiger partial charge in [-0.25, -0.2) is 0 Å². The number of para-hydroxylation sites is 1. The van der Waals surface area contributed by atoms with Crippen molar-refractivity contribution in [3.63, 3.8) is 0 Å². The van der Waals surface area contributed by atoms with Gasteiger partial charge in [0.2, 0.25) is 0 Å². The third-order valence-corrected chi connectivity index (χ3v) is 6.26. The number of carbonyl (C=O) groups excluding carboxylic acids is 1. The SMILES string of the molecule is Cc1[nH]nc2c1[C@H](c1ccc(C(C)C)cc1)N(CCc1c[nH]c3ccccc13)C2=O. The summed E-state index contributed by atoms with van der Waals surface area (Å²) in [5.74, 6) is 0.487. The molecule has 5 heteroatoms. The van der Waals surface area contributed by atoms with Crippen molar-refractivity contribution >= 4 is 16.8 Å². The summed E-state index contributed by atoms with van der Waals surface area (Å²) >= 11 is 0. The molecule has 0 fully saturated rings. The van der Waals surface area contributed by atoms with Crippen LogP contribution in [-0.4, -0.2) is 32.5 Å². The lowest BCUT2D eigenvalue weighted by Crippen LogP contribution is -2.31. The van der Waals surface area contributed by atoms with Crippen LogP contribution in [0.15, 0.2) is 54.7 Å². The summed E-state index contributed by atoms with van der Waals surface area (Å²) < 4.78 is 0. The molecular formula is C25H26N4O. The number of hydrogen-bond acceptors (Lipinski definition) is 2. The van der Waals surface area contributed by atoms with Crippen molar-refractivity contribution in [1.29, 1.82) is 0 Å². The molecule has 2 aromatic heterocycles. The van der Waals surface area contributed by atoms with Crippen molar-refractivity contribution in [1.82, 2.24) is 20.1 Å². The molecule has 1 atom stereocenters. The van der Waals surface area contributed by atoms with Gasteiger partial charge in [0.05, 0.1) is 6.04 Å². The van der Waals surface area contributed by atoms with E-state index in [9.17, 15) is 4.79 Å². The second-order valence-corrected chi connectivity index (χ2v) is 8.44. The average Bonchev–Trinajstić information content (AvgIpc) is 3.41. The zero-order valence-electron chi connectivity index (χ0n) is 17.6. The summed E-state index contributed by atoms with van der Waals surface area (Å²) in [6.45, 7) is 7.03. The Hall–Kier alpha value is -3.34. The van der Waals surface area contributed by atoms with Gasteiger partial charge in [-0.05, 0) is 42.0 Å². The van der Waals surface area contributed by atoms with Gasteiger partial charge in [0.1, 0.15) is 0 Å². The van der Waals surface area contributed by atoms with E-state index in [2.05, 4.69) is 77.7 Å². The molecule has 5 nitrogen and oxygen atoms in total. The summed E-state index contributed by atoms with van der Waals surface area (Å²) in [7, 11) is 0. The highest BCUT2D eigenvalue weighted by Gasteiger charge is 2.41. The van der Waals surface area contributed by atoms with Gasteiger partial charge in [0, 0.05) is 34.9 Å². The van der Waals surface area contributed by atoms with E-state index in [1.54, 1.807) is 0 Å². The Bertz CT molecular complexity index is 1220. The molecule has 0 saturated carbocycles. The first-order valence-corrected chi connectivity index (χ1v) is 10.5. The third-order valence-electron chi connectivity index (χ3n) is 6.26. The Balaban J connectivity index is 1.48. The van der Waals surface area contributed by atoms with Gasteiger partial charge >= 0.3 is 0 Å². The number of rotatable bonds is 5. The number of aromatic nitrogens is 3. The quantitative estimate of drug-likeness (QED) is 0.491. The molecule has 2 aromatic carbocycles. The van der Waals surface area contributed by atoms with E-state index in [0.717, 1.165) is 28.8 Å². The number of hydrogen-bond donors (Lipinski definition) is 2. The normalized spacial score (nSPS) is 16.1. The van der Waals surface area contributed by atoms with E-state index in [0.29, 0.717) is 18.2 Å². The van der Waals surface area contributed by atoms with Gasteiger partial charge < -0.3 is 9.88 Å². The van der Waals surface area contributed by atoms with E-state index in [1.807, 2.05) is 17.9 Å². The van der Waals surface area contributed by atoms with Crippen molar-refractivity contribution in [3.8, 4) is 0 Å². The summed E-state index contributed by atoms with van der Waals surface area (Å²) in [5, 5.41) is 8.55. The molecule has 4 aromatic rings. The summed E-state index contributed by atoms with van der Waals surface area (Å²) in [6.07, 6.45) is 2.85. The van der Waals surface area contributed by atoms with Gasteiger partial charge in [-0.3, -0.25) is 9.89 Å². The van der Waals surface area contributed by atoms with Gasteiger partial charge in [0.25, 0.3) is 5.91 Å². The molecule has 1 aliphatic rings. The van der Waals surface area contributed by atoms with E-state index >= 15 is 0 Å². The van der Waals surface area contributed by atoms with Crippen LogP contribution in [-0.2, 0) is 6.42 Å². The molecule has 0 unspecified atom stereocenters. The van der Waals surface area contributed by atoms with E-state index in [1.165, 1.54) is 16.5 Å². The Kier molecular flexibility index (Phi) is 4.46. The fourth-order valence-electron chi connectivity index (χ4n) is 4.56.